The van der Waals surface area contributed by atoms with Crippen LogP contribution in [0, 0.1) is 12.7 Å². The minimum Gasteiger partial charge on any atom is -0.383 e. The first kappa shape index (κ1) is 7.02. The normalized spacial score (nSPS) is 10.8. The van der Waals surface area contributed by atoms with Gasteiger partial charge in [0.05, 0.1) is 5.39 Å². The highest BCUT2D eigenvalue weighted by molar-refractivity contribution is 5.86. The summed E-state index contributed by atoms with van der Waals surface area (Å²) in [6.07, 6.45) is 1.22. The Morgan fingerprint density at radius 3 is 3.00 bits per heavy atom. The van der Waals surface area contributed by atoms with Crippen LogP contribution in [0.4, 0.5) is 10.2 Å². The molecule has 2 heterocycles. The van der Waals surface area contributed by atoms with Crippen LogP contribution in [0.1, 0.15) is 5.82 Å². The quantitative estimate of drug-likeness (QED) is 0.613. The molecule has 62 valence electrons. The first-order chi connectivity index (χ1) is 5.68. The minimum absolute atomic E-state index is 0.177. The number of hydrogen-bond donors (Lipinski definition) is 2. The van der Waals surface area contributed by atoms with E-state index in [1.807, 2.05) is 0 Å². The van der Waals surface area contributed by atoms with E-state index in [1.54, 1.807) is 6.92 Å². The van der Waals surface area contributed by atoms with Crippen molar-refractivity contribution in [1.82, 2.24) is 15.0 Å². The average Bonchev–Trinajstić information content (AvgIpc) is 2.31. The van der Waals surface area contributed by atoms with E-state index in [-0.39, 0.29) is 11.2 Å². The summed E-state index contributed by atoms with van der Waals surface area (Å²) in [5.41, 5.74) is 5.93. The fourth-order valence-electron chi connectivity index (χ4n) is 1.14. The zero-order chi connectivity index (χ0) is 8.72. The van der Waals surface area contributed by atoms with Crippen LogP contribution in [0.25, 0.3) is 11.0 Å². The number of hydrogen-bond acceptors (Lipinski definition) is 3. The molecular formula is C7H7FN4. The number of aryl methyl sites for hydroxylation is 1. The van der Waals surface area contributed by atoms with Gasteiger partial charge in [-0.2, -0.15) is 0 Å². The van der Waals surface area contributed by atoms with Crippen molar-refractivity contribution < 1.29 is 4.39 Å². The largest absolute Gasteiger partial charge is 0.383 e. The van der Waals surface area contributed by atoms with Crippen LogP contribution < -0.4 is 5.73 Å². The number of fused-ring (bicyclic) bond motifs is 1. The van der Waals surface area contributed by atoms with Crippen molar-refractivity contribution >= 4 is 16.9 Å². The molecule has 0 radical (unpaired) electrons. The van der Waals surface area contributed by atoms with Crippen LogP contribution >= 0.6 is 0 Å². The second-order valence-electron chi connectivity index (χ2n) is 2.52. The molecule has 0 aliphatic carbocycles. The van der Waals surface area contributed by atoms with Gasteiger partial charge in [-0.15, -0.1) is 0 Å². The van der Waals surface area contributed by atoms with Crippen molar-refractivity contribution in [3.05, 3.63) is 17.8 Å². The van der Waals surface area contributed by atoms with E-state index >= 15 is 0 Å². The molecule has 0 saturated carbocycles. The third-order valence-electron chi connectivity index (χ3n) is 1.62. The van der Waals surface area contributed by atoms with Crippen molar-refractivity contribution in [2.45, 2.75) is 6.92 Å². The second kappa shape index (κ2) is 2.17. The van der Waals surface area contributed by atoms with Crippen molar-refractivity contribution in [2.75, 3.05) is 5.73 Å². The van der Waals surface area contributed by atoms with Crippen molar-refractivity contribution in [3.8, 4) is 0 Å². The molecule has 2 rings (SSSR count). The highest BCUT2D eigenvalue weighted by Crippen LogP contribution is 2.19. The summed E-state index contributed by atoms with van der Waals surface area (Å²) in [4.78, 5) is 10.5. The maximum absolute atomic E-state index is 12.9. The molecule has 4 nitrogen and oxygen atoms in total. The lowest BCUT2D eigenvalue weighted by Crippen LogP contribution is -1.96. The molecule has 0 spiro atoms. The molecule has 0 aliphatic heterocycles. The Morgan fingerprint density at radius 1 is 1.50 bits per heavy atom. The van der Waals surface area contributed by atoms with Gasteiger partial charge in [-0.3, -0.25) is 0 Å². The summed E-state index contributed by atoms with van der Waals surface area (Å²) in [5.74, 6) is 0.292. The van der Waals surface area contributed by atoms with E-state index in [0.29, 0.717) is 11.5 Å². The maximum Gasteiger partial charge on any atom is 0.153 e. The number of aromatic amines is 1. The molecule has 0 fully saturated rings. The standard InChI is InChI=1S/C7H7FN4/c1-3-11-6(9)5-4(8)2-10-7(5)12-3/h2H,1H3,(H3,9,10,11,12). The molecule has 2 aromatic rings. The number of nitrogens with one attached hydrogen (secondary N) is 1. The number of aromatic nitrogens is 3. The Bertz CT molecular complexity index is 434. The number of H-pyrrole nitrogens is 1. The highest BCUT2D eigenvalue weighted by Gasteiger charge is 2.08. The van der Waals surface area contributed by atoms with E-state index in [4.69, 9.17) is 5.73 Å². The lowest BCUT2D eigenvalue weighted by molar-refractivity contribution is 0.639. The molecule has 0 aromatic carbocycles. The SMILES string of the molecule is Cc1nc(N)c2c(F)c[nH]c2n1. The highest BCUT2D eigenvalue weighted by atomic mass is 19.1. The lowest BCUT2D eigenvalue weighted by Gasteiger charge is -1.96. The third-order valence-corrected chi connectivity index (χ3v) is 1.62. The molecule has 2 aromatic heterocycles. The Labute approximate surface area is 67.6 Å². The maximum atomic E-state index is 12.9. The van der Waals surface area contributed by atoms with Crippen LogP contribution in [-0.4, -0.2) is 15.0 Å². The summed E-state index contributed by atoms with van der Waals surface area (Å²) in [6, 6.07) is 0. The summed E-state index contributed by atoms with van der Waals surface area (Å²) >= 11 is 0. The van der Waals surface area contributed by atoms with Gasteiger partial charge in [-0.05, 0) is 6.92 Å². The predicted octanol–water partition coefficient (Wildman–Crippen LogP) is 0.988. The third kappa shape index (κ3) is 0.827. The molecule has 5 heteroatoms. The van der Waals surface area contributed by atoms with E-state index < -0.39 is 5.82 Å². The Morgan fingerprint density at radius 2 is 2.25 bits per heavy atom. The van der Waals surface area contributed by atoms with Gasteiger partial charge < -0.3 is 10.7 Å². The Kier molecular flexibility index (Phi) is 1.27. The van der Waals surface area contributed by atoms with Crippen LogP contribution in [0.2, 0.25) is 0 Å². The van der Waals surface area contributed by atoms with Gasteiger partial charge in [0.15, 0.2) is 5.82 Å². The minimum atomic E-state index is -0.414. The number of nitrogens with zero attached hydrogens (tertiary/aromatic N) is 2. The Balaban J connectivity index is 2.93. The molecule has 0 unspecified atom stereocenters. The second-order valence-corrected chi connectivity index (χ2v) is 2.52. The van der Waals surface area contributed by atoms with Crippen molar-refractivity contribution in [2.24, 2.45) is 0 Å². The van der Waals surface area contributed by atoms with Gasteiger partial charge in [-0.25, -0.2) is 14.4 Å². The smallest absolute Gasteiger partial charge is 0.153 e. The van der Waals surface area contributed by atoms with E-state index in [1.165, 1.54) is 6.20 Å². The lowest BCUT2D eigenvalue weighted by atomic mass is 10.3. The van der Waals surface area contributed by atoms with Gasteiger partial charge in [0.1, 0.15) is 17.3 Å². The summed E-state index contributed by atoms with van der Waals surface area (Å²) < 4.78 is 12.9. The number of nitrogens with two attached hydrogens (primary N) is 1. The Hall–Kier alpha value is -1.65. The summed E-state index contributed by atoms with van der Waals surface area (Å²) in [7, 11) is 0. The fourth-order valence-corrected chi connectivity index (χ4v) is 1.14. The predicted molar refractivity (Wildman–Crippen MR) is 43.0 cm³/mol. The molecule has 0 bridgehead atoms. The average molecular weight is 166 g/mol. The van der Waals surface area contributed by atoms with Crippen molar-refractivity contribution in [3.63, 3.8) is 0 Å². The monoisotopic (exact) mass is 166 g/mol. The number of anilines is 1. The fraction of sp³-hybridized carbons (Fsp3) is 0.143. The van der Waals surface area contributed by atoms with Gasteiger partial charge >= 0.3 is 0 Å². The van der Waals surface area contributed by atoms with Crippen LogP contribution in [0.5, 0.6) is 0 Å². The van der Waals surface area contributed by atoms with Crippen LogP contribution in [0.3, 0.4) is 0 Å². The molecule has 0 aliphatic rings. The van der Waals surface area contributed by atoms with Gasteiger partial charge in [0, 0.05) is 6.20 Å². The number of nitrogen functional groups attached to an aromatic ring is 1. The zero-order valence-corrected chi connectivity index (χ0v) is 6.43. The topological polar surface area (TPSA) is 67.6 Å². The zero-order valence-electron chi connectivity index (χ0n) is 6.43. The summed E-state index contributed by atoms with van der Waals surface area (Å²) in [5, 5.41) is 0.264. The van der Waals surface area contributed by atoms with Crippen LogP contribution in [-0.2, 0) is 0 Å². The molecule has 3 N–H and O–H groups in total. The first-order valence-corrected chi connectivity index (χ1v) is 3.45. The molecular weight excluding hydrogens is 159 g/mol. The molecule has 12 heavy (non-hydrogen) atoms. The van der Waals surface area contributed by atoms with Gasteiger partial charge in [0.25, 0.3) is 0 Å². The van der Waals surface area contributed by atoms with E-state index in [0.717, 1.165) is 0 Å². The molecule has 0 saturated heterocycles. The summed E-state index contributed by atoms with van der Waals surface area (Å²) in [6.45, 7) is 1.70. The van der Waals surface area contributed by atoms with Crippen molar-refractivity contribution in [1.29, 1.82) is 0 Å². The van der Waals surface area contributed by atoms with E-state index in [9.17, 15) is 4.39 Å². The van der Waals surface area contributed by atoms with Crippen LogP contribution in [0.15, 0.2) is 6.20 Å². The van der Waals surface area contributed by atoms with E-state index in [2.05, 4.69) is 15.0 Å². The number of halogens is 1. The first-order valence-electron chi connectivity index (χ1n) is 3.45. The molecule has 0 atom stereocenters. The van der Waals surface area contributed by atoms with Gasteiger partial charge in [0.2, 0.25) is 0 Å². The number of rotatable bonds is 0. The molecule has 0 amide bonds. The van der Waals surface area contributed by atoms with Gasteiger partial charge in [-0.1, -0.05) is 0 Å².